The van der Waals surface area contributed by atoms with E-state index >= 15 is 0 Å². The molecule has 3 rings (SSSR count). The first-order valence-electron chi connectivity index (χ1n) is 9.02. The molecule has 0 aromatic heterocycles. The van der Waals surface area contributed by atoms with Crippen LogP contribution in [-0.4, -0.2) is 81.5 Å². The fourth-order valence-electron chi connectivity index (χ4n) is 3.64. The van der Waals surface area contributed by atoms with E-state index in [1.54, 1.807) is 7.11 Å². The third kappa shape index (κ3) is 4.51. The van der Waals surface area contributed by atoms with Crippen molar-refractivity contribution >= 4 is 5.91 Å². The van der Waals surface area contributed by atoms with Gasteiger partial charge in [0.25, 0.3) is 5.91 Å². The molecule has 25 heavy (non-hydrogen) atoms. The van der Waals surface area contributed by atoms with E-state index in [4.69, 9.17) is 14.2 Å². The molecule has 2 aliphatic rings. The topological polar surface area (TPSA) is 51.2 Å². The van der Waals surface area contributed by atoms with Crippen molar-refractivity contribution in [2.45, 2.75) is 13.0 Å². The van der Waals surface area contributed by atoms with E-state index < -0.39 is 0 Å². The van der Waals surface area contributed by atoms with E-state index in [0.717, 1.165) is 39.4 Å². The summed E-state index contributed by atoms with van der Waals surface area (Å²) in [6, 6.07) is 7.85. The first kappa shape index (κ1) is 18.2. The number of amides is 1. The van der Waals surface area contributed by atoms with Crippen molar-refractivity contribution in [1.29, 1.82) is 0 Å². The summed E-state index contributed by atoms with van der Waals surface area (Å²) in [4.78, 5) is 17.3. The molecule has 0 unspecified atom stereocenters. The molecule has 2 fully saturated rings. The van der Waals surface area contributed by atoms with Crippen molar-refractivity contribution in [3.8, 4) is 5.75 Å². The Balaban J connectivity index is 1.62. The minimum Gasteiger partial charge on any atom is -0.491 e. The van der Waals surface area contributed by atoms with Crippen molar-refractivity contribution in [2.75, 3.05) is 59.7 Å². The molecule has 2 saturated heterocycles. The number of hydrogen-bond donors (Lipinski definition) is 0. The van der Waals surface area contributed by atoms with Gasteiger partial charge in [0.15, 0.2) is 0 Å². The summed E-state index contributed by atoms with van der Waals surface area (Å²) in [5.41, 5.74) is 0.685. The van der Waals surface area contributed by atoms with Gasteiger partial charge in [-0.15, -0.1) is 0 Å². The predicted octanol–water partition coefficient (Wildman–Crippen LogP) is 1.50. The number of likely N-dealkylation sites (tertiary alicyclic amines) is 1. The molecule has 1 aromatic carbocycles. The standard InChI is InChI=1S/C19H28N2O4/c1-15-13-21(14-18(15)20-6-8-24-9-7-20)19(22)16-4-3-5-17(12-16)25-11-10-23-2/h3-5,12,15,18H,6-11,13-14H2,1-2H3/t15-,18-/m1/s1. The van der Waals surface area contributed by atoms with Crippen molar-refractivity contribution in [1.82, 2.24) is 9.80 Å². The Labute approximate surface area is 149 Å². The van der Waals surface area contributed by atoms with Gasteiger partial charge >= 0.3 is 0 Å². The van der Waals surface area contributed by atoms with Gasteiger partial charge in [0.1, 0.15) is 12.4 Å². The lowest BCUT2D eigenvalue weighted by atomic mass is 10.0. The van der Waals surface area contributed by atoms with Gasteiger partial charge < -0.3 is 19.1 Å². The molecule has 0 saturated carbocycles. The molecule has 0 bridgehead atoms. The van der Waals surface area contributed by atoms with Gasteiger partial charge in [-0.05, 0) is 24.1 Å². The van der Waals surface area contributed by atoms with Crippen LogP contribution in [0.2, 0.25) is 0 Å². The van der Waals surface area contributed by atoms with Crippen LogP contribution in [-0.2, 0) is 9.47 Å². The SMILES string of the molecule is COCCOc1cccc(C(=O)N2C[C@@H](C)[C@H](N3CCOCC3)C2)c1. The van der Waals surface area contributed by atoms with Gasteiger partial charge in [-0.1, -0.05) is 13.0 Å². The lowest BCUT2D eigenvalue weighted by Crippen LogP contribution is -2.47. The molecule has 2 aliphatic heterocycles. The lowest BCUT2D eigenvalue weighted by Gasteiger charge is -2.34. The number of methoxy groups -OCH3 is 1. The molecule has 0 N–H and O–H groups in total. The van der Waals surface area contributed by atoms with Crippen LogP contribution in [0.25, 0.3) is 0 Å². The van der Waals surface area contributed by atoms with E-state index in [1.165, 1.54) is 0 Å². The highest BCUT2D eigenvalue weighted by Gasteiger charge is 2.36. The van der Waals surface area contributed by atoms with Crippen molar-refractivity contribution < 1.29 is 19.0 Å². The monoisotopic (exact) mass is 348 g/mol. The number of nitrogens with zero attached hydrogens (tertiary/aromatic N) is 2. The highest BCUT2D eigenvalue weighted by molar-refractivity contribution is 5.94. The number of carbonyl (C=O) groups is 1. The lowest BCUT2D eigenvalue weighted by molar-refractivity contribution is 0.0119. The zero-order valence-corrected chi connectivity index (χ0v) is 15.1. The van der Waals surface area contributed by atoms with E-state index in [9.17, 15) is 4.79 Å². The number of morpholine rings is 1. The number of carbonyl (C=O) groups excluding carboxylic acids is 1. The summed E-state index contributed by atoms with van der Waals surface area (Å²) in [7, 11) is 1.64. The van der Waals surface area contributed by atoms with E-state index in [2.05, 4.69) is 11.8 Å². The third-order valence-electron chi connectivity index (χ3n) is 5.01. The fourth-order valence-corrected chi connectivity index (χ4v) is 3.64. The average Bonchev–Trinajstić information content (AvgIpc) is 3.04. The number of ether oxygens (including phenoxy) is 3. The third-order valence-corrected chi connectivity index (χ3v) is 5.01. The van der Waals surface area contributed by atoms with Crippen molar-refractivity contribution in [3.05, 3.63) is 29.8 Å². The second kappa shape index (κ2) is 8.65. The summed E-state index contributed by atoms with van der Waals surface area (Å²) >= 11 is 0. The maximum absolute atomic E-state index is 12.9. The van der Waals surface area contributed by atoms with Gasteiger partial charge in [-0.2, -0.15) is 0 Å². The van der Waals surface area contributed by atoms with Crippen LogP contribution in [0.4, 0.5) is 0 Å². The Morgan fingerprint density at radius 1 is 1.24 bits per heavy atom. The van der Waals surface area contributed by atoms with Crippen molar-refractivity contribution in [2.24, 2.45) is 5.92 Å². The molecular weight excluding hydrogens is 320 g/mol. The average molecular weight is 348 g/mol. The number of hydrogen-bond acceptors (Lipinski definition) is 5. The van der Waals surface area contributed by atoms with Gasteiger partial charge in [-0.25, -0.2) is 0 Å². The maximum Gasteiger partial charge on any atom is 0.254 e. The van der Waals surface area contributed by atoms with Gasteiger partial charge in [0.2, 0.25) is 0 Å². The maximum atomic E-state index is 12.9. The number of rotatable bonds is 6. The summed E-state index contributed by atoms with van der Waals surface area (Å²) in [5.74, 6) is 1.27. The molecule has 138 valence electrons. The molecule has 1 aromatic rings. The van der Waals surface area contributed by atoms with Gasteiger partial charge in [0.05, 0.1) is 19.8 Å². The normalized spacial score (nSPS) is 24.5. The highest BCUT2D eigenvalue weighted by Crippen LogP contribution is 2.25. The Kier molecular flexibility index (Phi) is 6.29. The second-order valence-corrected chi connectivity index (χ2v) is 6.77. The summed E-state index contributed by atoms with van der Waals surface area (Å²) < 4.78 is 16.1. The molecule has 2 atom stereocenters. The summed E-state index contributed by atoms with van der Waals surface area (Å²) in [5, 5.41) is 0. The van der Waals surface area contributed by atoms with E-state index in [1.807, 2.05) is 29.2 Å². The molecule has 0 spiro atoms. The zero-order valence-electron chi connectivity index (χ0n) is 15.1. The van der Waals surface area contributed by atoms with Gasteiger partial charge in [-0.3, -0.25) is 9.69 Å². The number of benzene rings is 1. The van der Waals surface area contributed by atoms with E-state index in [0.29, 0.717) is 36.5 Å². The zero-order chi connectivity index (χ0) is 17.6. The molecule has 0 aliphatic carbocycles. The Hall–Kier alpha value is -1.63. The molecule has 6 heteroatoms. The molecule has 1 amide bonds. The summed E-state index contributed by atoms with van der Waals surface area (Å²) in [6.45, 7) is 8.33. The van der Waals surface area contributed by atoms with Gasteiger partial charge in [0, 0.05) is 44.9 Å². The van der Waals surface area contributed by atoms with Crippen LogP contribution in [0.5, 0.6) is 5.75 Å². The van der Waals surface area contributed by atoms with Crippen molar-refractivity contribution in [3.63, 3.8) is 0 Å². The molecule has 0 radical (unpaired) electrons. The fraction of sp³-hybridized carbons (Fsp3) is 0.632. The largest absolute Gasteiger partial charge is 0.491 e. The predicted molar refractivity (Wildman–Crippen MR) is 95.1 cm³/mol. The van der Waals surface area contributed by atoms with Crippen LogP contribution >= 0.6 is 0 Å². The van der Waals surface area contributed by atoms with Crippen LogP contribution < -0.4 is 4.74 Å². The van der Waals surface area contributed by atoms with Crippen LogP contribution in [0.1, 0.15) is 17.3 Å². The minimum atomic E-state index is 0.0831. The molecule has 6 nitrogen and oxygen atoms in total. The quantitative estimate of drug-likeness (QED) is 0.730. The minimum absolute atomic E-state index is 0.0831. The van der Waals surface area contributed by atoms with Crippen LogP contribution in [0.15, 0.2) is 24.3 Å². The second-order valence-electron chi connectivity index (χ2n) is 6.77. The smallest absolute Gasteiger partial charge is 0.254 e. The summed E-state index contributed by atoms with van der Waals surface area (Å²) in [6.07, 6.45) is 0. The van der Waals surface area contributed by atoms with Crippen LogP contribution in [0.3, 0.4) is 0 Å². The first-order chi connectivity index (χ1) is 12.2. The Bertz CT molecular complexity index is 574. The van der Waals surface area contributed by atoms with Crippen LogP contribution in [0, 0.1) is 5.92 Å². The first-order valence-corrected chi connectivity index (χ1v) is 9.02. The Morgan fingerprint density at radius 2 is 2.04 bits per heavy atom. The highest BCUT2D eigenvalue weighted by atomic mass is 16.5. The molecule has 2 heterocycles. The molecular formula is C19H28N2O4. The Morgan fingerprint density at radius 3 is 2.80 bits per heavy atom. The van der Waals surface area contributed by atoms with E-state index in [-0.39, 0.29) is 5.91 Å².